The van der Waals surface area contributed by atoms with E-state index in [2.05, 4.69) is 4.98 Å². The third-order valence-electron chi connectivity index (χ3n) is 4.61. The lowest BCUT2D eigenvalue weighted by molar-refractivity contribution is -0.157. The van der Waals surface area contributed by atoms with Gasteiger partial charge in [-0.25, -0.2) is 8.42 Å². The van der Waals surface area contributed by atoms with Crippen molar-refractivity contribution in [3.05, 3.63) is 65.5 Å². The van der Waals surface area contributed by atoms with Crippen LogP contribution in [0.5, 0.6) is 5.75 Å². The van der Waals surface area contributed by atoms with Crippen molar-refractivity contribution in [2.45, 2.75) is 37.9 Å². The van der Waals surface area contributed by atoms with Gasteiger partial charge >= 0.3 is 6.18 Å². The second kappa shape index (κ2) is 8.23. The largest absolute Gasteiger partial charge is 0.491 e. The zero-order valence-electron chi connectivity index (χ0n) is 16.6. The van der Waals surface area contributed by atoms with Crippen molar-refractivity contribution in [3.63, 3.8) is 0 Å². The molecule has 5 nitrogen and oxygen atoms in total. The van der Waals surface area contributed by atoms with E-state index in [0.717, 1.165) is 5.56 Å². The first-order chi connectivity index (χ1) is 14.0. The fourth-order valence-electron chi connectivity index (χ4n) is 3.42. The molecule has 3 aromatic rings. The Morgan fingerprint density at radius 3 is 2.40 bits per heavy atom. The van der Waals surface area contributed by atoms with Crippen LogP contribution in [-0.2, 0) is 10.0 Å². The molecular formula is C21H21F3N2O3S. The van der Waals surface area contributed by atoms with Crippen LogP contribution in [0.15, 0.2) is 53.7 Å². The fraction of sp³-hybridized carbons (Fsp3) is 0.286. The molecule has 0 radical (unpaired) electrons. The van der Waals surface area contributed by atoms with Crippen molar-refractivity contribution in [3.8, 4) is 5.75 Å². The highest BCUT2D eigenvalue weighted by Gasteiger charge is 2.43. The van der Waals surface area contributed by atoms with Crippen LogP contribution in [0.2, 0.25) is 0 Å². The Balaban J connectivity index is 1.89. The van der Waals surface area contributed by atoms with Crippen molar-refractivity contribution < 1.29 is 26.3 Å². The van der Waals surface area contributed by atoms with E-state index < -0.39 is 28.8 Å². The summed E-state index contributed by atoms with van der Waals surface area (Å²) in [5.41, 5.74) is 1.58. The molecule has 0 saturated heterocycles. The summed E-state index contributed by atoms with van der Waals surface area (Å²) in [7, 11) is -4.43. The molecule has 1 unspecified atom stereocenters. The summed E-state index contributed by atoms with van der Waals surface area (Å²) in [5.74, 6) is 0.214. The van der Waals surface area contributed by atoms with Crippen LogP contribution >= 0.6 is 0 Å². The number of pyridine rings is 1. The maximum atomic E-state index is 13.6. The highest BCUT2D eigenvalue weighted by molar-refractivity contribution is 7.89. The Hall–Kier alpha value is -2.65. The molecule has 1 heterocycles. The number of nitrogens with one attached hydrogen (secondary N) is 1. The number of fused-ring (bicyclic) bond motifs is 1. The van der Waals surface area contributed by atoms with Crippen LogP contribution in [0.4, 0.5) is 13.2 Å². The summed E-state index contributed by atoms with van der Waals surface area (Å²) in [5, 5.41) is 1.28. The van der Waals surface area contributed by atoms with Gasteiger partial charge in [0.25, 0.3) is 0 Å². The standard InChI is InChI=1S/C21H21F3N2O3S/c1-13-9-14(2)20(15(3)10-13)30(27,28)26-19(21(22,23)24)12-29-18-6-4-5-16-11-25-8-7-17(16)18/h4-11,19,26H,12H2,1-3H3. The van der Waals surface area contributed by atoms with Gasteiger partial charge in [0.05, 0.1) is 4.90 Å². The second-order valence-electron chi connectivity index (χ2n) is 7.11. The molecule has 0 spiro atoms. The van der Waals surface area contributed by atoms with Crippen molar-refractivity contribution in [2.75, 3.05) is 6.61 Å². The van der Waals surface area contributed by atoms with Gasteiger partial charge in [-0.1, -0.05) is 29.8 Å². The SMILES string of the molecule is Cc1cc(C)c(S(=O)(=O)NC(COc2cccc3cnccc23)C(F)(F)F)c(C)c1. The Bertz CT molecular complexity index is 1150. The third-order valence-corrected chi connectivity index (χ3v) is 6.39. The predicted molar refractivity (Wildman–Crippen MR) is 108 cm³/mol. The van der Waals surface area contributed by atoms with Gasteiger partial charge in [-0.2, -0.15) is 17.9 Å². The molecule has 0 fully saturated rings. The number of nitrogens with zero attached hydrogens (tertiary/aromatic N) is 1. The molecule has 1 N–H and O–H groups in total. The van der Waals surface area contributed by atoms with E-state index in [-0.39, 0.29) is 10.6 Å². The van der Waals surface area contributed by atoms with Gasteiger partial charge in [-0.15, -0.1) is 0 Å². The molecule has 160 valence electrons. The highest BCUT2D eigenvalue weighted by Crippen LogP contribution is 2.28. The Morgan fingerprint density at radius 1 is 1.10 bits per heavy atom. The number of aromatic nitrogens is 1. The van der Waals surface area contributed by atoms with Gasteiger partial charge in [-0.3, -0.25) is 4.98 Å². The van der Waals surface area contributed by atoms with Crippen LogP contribution in [0.25, 0.3) is 10.8 Å². The number of hydrogen-bond acceptors (Lipinski definition) is 4. The second-order valence-corrected chi connectivity index (χ2v) is 8.76. The predicted octanol–water partition coefficient (Wildman–Crippen LogP) is 4.45. The highest BCUT2D eigenvalue weighted by atomic mass is 32.2. The maximum Gasteiger partial charge on any atom is 0.408 e. The minimum absolute atomic E-state index is 0.154. The van der Waals surface area contributed by atoms with E-state index in [1.807, 2.05) is 0 Å². The summed E-state index contributed by atoms with van der Waals surface area (Å²) in [4.78, 5) is 3.81. The molecule has 9 heteroatoms. The number of benzene rings is 2. The minimum Gasteiger partial charge on any atom is -0.491 e. The zero-order valence-corrected chi connectivity index (χ0v) is 17.4. The maximum absolute atomic E-state index is 13.6. The van der Waals surface area contributed by atoms with Gasteiger partial charge in [0, 0.05) is 23.2 Å². The van der Waals surface area contributed by atoms with Crippen LogP contribution in [0.3, 0.4) is 0 Å². The van der Waals surface area contributed by atoms with Crippen LogP contribution < -0.4 is 9.46 Å². The molecular weight excluding hydrogens is 417 g/mol. The number of aryl methyl sites for hydroxylation is 3. The molecule has 0 aliphatic carbocycles. The zero-order chi connectivity index (χ0) is 22.1. The van der Waals surface area contributed by atoms with Gasteiger partial charge < -0.3 is 4.74 Å². The fourth-order valence-corrected chi connectivity index (χ4v) is 5.08. The third kappa shape index (κ3) is 4.73. The van der Waals surface area contributed by atoms with Crippen molar-refractivity contribution >= 4 is 20.8 Å². The molecule has 0 bridgehead atoms. The first-order valence-corrected chi connectivity index (χ1v) is 10.6. The summed E-state index contributed by atoms with van der Waals surface area (Å²) in [6.07, 6.45) is -1.77. The molecule has 0 aliphatic rings. The van der Waals surface area contributed by atoms with Crippen LogP contribution in [-0.4, -0.2) is 32.2 Å². The van der Waals surface area contributed by atoms with Crippen LogP contribution in [0, 0.1) is 20.8 Å². The smallest absolute Gasteiger partial charge is 0.408 e. The van der Waals surface area contributed by atoms with E-state index in [4.69, 9.17) is 4.74 Å². The number of alkyl halides is 3. The first-order valence-electron chi connectivity index (χ1n) is 9.11. The monoisotopic (exact) mass is 438 g/mol. The summed E-state index contributed by atoms with van der Waals surface area (Å²) in [6, 6.07) is 7.34. The van der Waals surface area contributed by atoms with E-state index in [1.165, 1.54) is 12.3 Å². The molecule has 1 aromatic heterocycles. The van der Waals surface area contributed by atoms with Gasteiger partial charge in [0.15, 0.2) is 6.04 Å². The Labute approximate surface area is 173 Å². The van der Waals surface area contributed by atoms with E-state index in [1.54, 1.807) is 62.0 Å². The van der Waals surface area contributed by atoms with E-state index in [0.29, 0.717) is 21.9 Å². The average molecular weight is 438 g/mol. The number of halogens is 3. The summed E-state index contributed by atoms with van der Waals surface area (Å²) < 4.78 is 73.6. The Kier molecular flexibility index (Phi) is 6.05. The first kappa shape index (κ1) is 22.0. The Morgan fingerprint density at radius 2 is 1.77 bits per heavy atom. The molecule has 0 saturated carbocycles. The number of rotatable bonds is 6. The van der Waals surface area contributed by atoms with Gasteiger partial charge in [0.1, 0.15) is 12.4 Å². The molecule has 3 rings (SSSR count). The van der Waals surface area contributed by atoms with E-state index in [9.17, 15) is 21.6 Å². The van der Waals surface area contributed by atoms with Crippen molar-refractivity contribution in [1.82, 2.24) is 9.71 Å². The molecule has 0 amide bonds. The summed E-state index contributed by atoms with van der Waals surface area (Å²) in [6.45, 7) is 3.99. The summed E-state index contributed by atoms with van der Waals surface area (Å²) >= 11 is 0. The lowest BCUT2D eigenvalue weighted by atomic mass is 10.1. The van der Waals surface area contributed by atoms with E-state index >= 15 is 0 Å². The lowest BCUT2D eigenvalue weighted by Gasteiger charge is -2.23. The number of sulfonamides is 1. The topological polar surface area (TPSA) is 68.3 Å². The normalized spacial score (nSPS) is 13.4. The van der Waals surface area contributed by atoms with Crippen molar-refractivity contribution in [2.24, 2.45) is 0 Å². The van der Waals surface area contributed by atoms with Gasteiger partial charge in [-0.05, 0) is 44.0 Å². The average Bonchev–Trinajstić information content (AvgIpc) is 2.63. The molecule has 0 aliphatic heterocycles. The van der Waals surface area contributed by atoms with Gasteiger partial charge in [0.2, 0.25) is 10.0 Å². The minimum atomic E-state index is -4.84. The molecule has 30 heavy (non-hydrogen) atoms. The molecule has 2 aromatic carbocycles. The lowest BCUT2D eigenvalue weighted by Crippen LogP contribution is -2.49. The van der Waals surface area contributed by atoms with Crippen molar-refractivity contribution in [1.29, 1.82) is 0 Å². The van der Waals surface area contributed by atoms with Crippen LogP contribution in [0.1, 0.15) is 16.7 Å². The quantitative estimate of drug-likeness (QED) is 0.618. The number of ether oxygens (including phenoxy) is 1. The number of hydrogen-bond donors (Lipinski definition) is 1. The molecule has 1 atom stereocenters.